The molecule has 0 aromatic heterocycles. The van der Waals surface area contributed by atoms with Crippen LogP contribution < -0.4 is 5.32 Å². The van der Waals surface area contributed by atoms with Crippen LogP contribution in [0.25, 0.3) is 0 Å². The van der Waals surface area contributed by atoms with Crippen molar-refractivity contribution >= 4 is 5.91 Å². The zero-order valence-corrected chi connectivity index (χ0v) is 17.0. The lowest BCUT2D eigenvalue weighted by atomic mass is 9.72. The second-order valence-electron chi connectivity index (χ2n) is 7.98. The van der Waals surface area contributed by atoms with Crippen molar-refractivity contribution in [2.24, 2.45) is 0 Å². The van der Waals surface area contributed by atoms with Crippen molar-refractivity contribution in [1.29, 1.82) is 0 Å². The molecule has 0 bridgehead atoms. The van der Waals surface area contributed by atoms with Crippen molar-refractivity contribution in [3.8, 4) is 0 Å². The molecule has 0 saturated carbocycles. The third kappa shape index (κ3) is 4.62. The number of piperidine rings is 1. The summed E-state index contributed by atoms with van der Waals surface area (Å²) in [7, 11) is 0. The summed E-state index contributed by atoms with van der Waals surface area (Å²) in [6.45, 7) is 6.33. The molecule has 2 aromatic carbocycles. The third-order valence-corrected chi connectivity index (χ3v) is 6.15. The van der Waals surface area contributed by atoms with Crippen LogP contribution in [-0.4, -0.2) is 42.2 Å². The molecule has 4 nitrogen and oxygen atoms in total. The maximum Gasteiger partial charge on any atom is 0.236 e. The third-order valence-electron chi connectivity index (χ3n) is 6.15. The first kappa shape index (κ1) is 20.6. The molecule has 0 spiro atoms. The van der Waals surface area contributed by atoms with E-state index in [1.165, 1.54) is 11.1 Å². The van der Waals surface area contributed by atoms with Crippen LogP contribution >= 0.6 is 0 Å². The molecule has 2 aromatic rings. The number of nitrogens with one attached hydrogen (secondary N) is 1. The van der Waals surface area contributed by atoms with E-state index in [1.807, 2.05) is 35.2 Å². The van der Waals surface area contributed by atoms with Crippen LogP contribution in [0, 0.1) is 0 Å². The summed E-state index contributed by atoms with van der Waals surface area (Å²) in [5.74, 6) is 0.111. The first-order valence-corrected chi connectivity index (χ1v) is 10.3. The number of hydrogen-bond donors (Lipinski definition) is 2. The van der Waals surface area contributed by atoms with Crippen molar-refractivity contribution in [1.82, 2.24) is 10.2 Å². The van der Waals surface area contributed by atoms with Crippen LogP contribution in [0.1, 0.15) is 49.4 Å². The van der Waals surface area contributed by atoms with Gasteiger partial charge in [-0.3, -0.25) is 10.1 Å². The number of rotatable bonds is 7. The van der Waals surface area contributed by atoms with Gasteiger partial charge < -0.3 is 10.0 Å². The average molecular weight is 381 g/mol. The Balaban J connectivity index is 1.56. The number of benzene rings is 2. The van der Waals surface area contributed by atoms with Gasteiger partial charge in [-0.25, -0.2) is 0 Å². The molecule has 2 N–H and O–H groups in total. The average Bonchev–Trinajstić information content (AvgIpc) is 2.75. The zero-order valence-electron chi connectivity index (χ0n) is 17.0. The summed E-state index contributed by atoms with van der Waals surface area (Å²) in [6, 6.07) is 18.3. The molecule has 28 heavy (non-hydrogen) atoms. The minimum atomic E-state index is -0.211. The Bertz CT molecular complexity index is 767. The van der Waals surface area contributed by atoms with Crippen LogP contribution in [0.3, 0.4) is 0 Å². The molecule has 1 unspecified atom stereocenters. The smallest absolute Gasteiger partial charge is 0.236 e. The Morgan fingerprint density at radius 3 is 2.39 bits per heavy atom. The van der Waals surface area contributed by atoms with Crippen LogP contribution in [-0.2, 0) is 16.6 Å². The van der Waals surface area contributed by atoms with Gasteiger partial charge in [-0.1, -0.05) is 68.4 Å². The van der Waals surface area contributed by atoms with E-state index in [1.54, 1.807) is 0 Å². The number of carbonyl (C=O) groups excluding carboxylic acids is 1. The maximum atomic E-state index is 12.7. The number of nitrogens with zero attached hydrogens (tertiary/aromatic N) is 1. The molecule has 1 aliphatic rings. The number of aliphatic hydroxyl groups is 1. The summed E-state index contributed by atoms with van der Waals surface area (Å²) >= 11 is 0. The fourth-order valence-electron chi connectivity index (χ4n) is 4.23. The van der Waals surface area contributed by atoms with E-state index in [0.29, 0.717) is 0 Å². The fourth-order valence-corrected chi connectivity index (χ4v) is 4.23. The number of aryl methyl sites for hydroxylation is 1. The maximum absolute atomic E-state index is 12.7. The molecule has 1 heterocycles. The highest BCUT2D eigenvalue weighted by atomic mass is 16.3. The molecule has 3 rings (SSSR count). The van der Waals surface area contributed by atoms with Crippen molar-refractivity contribution in [3.63, 3.8) is 0 Å². The Labute approximate surface area is 168 Å². The van der Waals surface area contributed by atoms with Gasteiger partial charge in [0.25, 0.3) is 0 Å². The normalized spacial score (nSPS) is 17.3. The minimum absolute atomic E-state index is 0.0246. The van der Waals surface area contributed by atoms with Crippen LogP contribution in [0.15, 0.2) is 54.6 Å². The van der Waals surface area contributed by atoms with Gasteiger partial charge in [0.15, 0.2) is 0 Å². The second-order valence-corrected chi connectivity index (χ2v) is 7.98. The predicted octanol–water partition coefficient (Wildman–Crippen LogP) is 3.45. The van der Waals surface area contributed by atoms with E-state index in [-0.39, 0.29) is 30.5 Å². The van der Waals surface area contributed by atoms with Gasteiger partial charge in [0.1, 0.15) is 0 Å². The fraction of sp³-hybridized carbons (Fsp3) is 0.458. The van der Waals surface area contributed by atoms with Gasteiger partial charge in [0.2, 0.25) is 5.91 Å². The van der Waals surface area contributed by atoms with Crippen LogP contribution in [0.4, 0.5) is 0 Å². The predicted molar refractivity (Wildman–Crippen MR) is 113 cm³/mol. The van der Waals surface area contributed by atoms with E-state index in [9.17, 15) is 9.90 Å². The van der Waals surface area contributed by atoms with Crippen LogP contribution in [0.2, 0.25) is 0 Å². The summed E-state index contributed by atoms with van der Waals surface area (Å²) in [6.07, 6.45) is 3.01. The van der Waals surface area contributed by atoms with Crippen molar-refractivity contribution in [3.05, 3.63) is 71.3 Å². The van der Waals surface area contributed by atoms with Gasteiger partial charge in [-0.15, -0.1) is 0 Å². The summed E-state index contributed by atoms with van der Waals surface area (Å²) < 4.78 is 0. The molecule has 0 radical (unpaired) electrons. The SMILES string of the molecule is CCc1ccccc1C1(C)CCN(C(=O)CNC(CO)c2ccccc2)CC1. The van der Waals surface area contributed by atoms with Crippen molar-refractivity contribution in [2.75, 3.05) is 26.2 Å². The molecular formula is C24H32N2O2. The van der Waals surface area contributed by atoms with Gasteiger partial charge in [-0.2, -0.15) is 0 Å². The highest BCUT2D eigenvalue weighted by molar-refractivity contribution is 5.78. The molecule has 1 fully saturated rings. The Morgan fingerprint density at radius 2 is 1.75 bits per heavy atom. The Morgan fingerprint density at radius 1 is 1.11 bits per heavy atom. The largest absolute Gasteiger partial charge is 0.394 e. The lowest BCUT2D eigenvalue weighted by Crippen LogP contribution is -2.47. The standard InChI is InChI=1S/C24H32N2O2/c1-3-19-9-7-8-12-21(19)24(2)13-15-26(16-14-24)23(28)17-25-22(18-27)20-10-5-4-6-11-20/h4-12,22,25,27H,3,13-18H2,1-2H3. The monoisotopic (exact) mass is 380 g/mol. The quantitative estimate of drug-likeness (QED) is 0.774. The molecule has 1 aliphatic heterocycles. The first-order valence-electron chi connectivity index (χ1n) is 10.3. The molecule has 1 saturated heterocycles. The van der Waals surface area contributed by atoms with Gasteiger partial charge in [0.05, 0.1) is 19.2 Å². The number of hydrogen-bond acceptors (Lipinski definition) is 3. The molecule has 150 valence electrons. The molecule has 4 heteroatoms. The first-order chi connectivity index (χ1) is 13.6. The van der Waals surface area contributed by atoms with E-state index in [2.05, 4.69) is 43.4 Å². The number of aliphatic hydroxyl groups excluding tert-OH is 1. The van der Waals surface area contributed by atoms with E-state index in [0.717, 1.165) is 37.9 Å². The van der Waals surface area contributed by atoms with E-state index < -0.39 is 0 Å². The molecular weight excluding hydrogens is 348 g/mol. The second kappa shape index (κ2) is 9.35. The van der Waals surface area contributed by atoms with Gasteiger partial charge in [-0.05, 0) is 41.4 Å². The summed E-state index contributed by atoms with van der Waals surface area (Å²) in [5.41, 5.74) is 3.99. The summed E-state index contributed by atoms with van der Waals surface area (Å²) in [4.78, 5) is 14.7. The molecule has 1 atom stereocenters. The number of amides is 1. The van der Waals surface area contributed by atoms with Gasteiger partial charge >= 0.3 is 0 Å². The molecule has 0 aliphatic carbocycles. The topological polar surface area (TPSA) is 52.6 Å². The number of carbonyl (C=O) groups is 1. The number of likely N-dealkylation sites (tertiary alicyclic amines) is 1. The highest BCUT2D eigenvalue weighted by Crippen LogP contribution is 2.37. The molecule has 1 amide bonds. The van der Waals surface area contributed by atoms with E-state index >= 15 is 0 Å². The van der Waals surface area contributed by atoms with Gasteiger partial charge in [0, 0.05) is 13.1 Å². The lowest BCUT2D eigenvalue weighted by molar-refractivity contribution is -0.132. The zero-order chi connectivity index (χ0) is 20.0. The van der Waals surface area contributed by atoms with Crippen molar-refractivity contribution < 1.29 is 9.90 Å². The minimum Gasteiger partial charge on any atom is -0.394 e. The highest BCUT2D eigenvalue weighted by Gasteiger charge is 2.34. The van der Waals surface area contributed by atoms with Crippen LogP contribution in [0.5, 0.6) is 0 Å². The lowest BCUT2D eigenvalue weighted by Gasteiger charge is -2.41. The van der Waals surface area contributed by atoms with E-state index in [4.69, 9.17) is 0 Å². The van der Waals surface area contributed by atoms with Crippen molar-refractivity contribution in [2.45, 2.75) is 44.6 Å². The summed E-state index contributed by atoms with van der Waals surface area (Å²) in [5, 5.41) is 12.9. The Kier molecular flexibility index (Phi) is 6.87. The Hall–Kier alpha value is -2.17.